The zero-order valence-electron chi connectivity index (χ0n) is 11.6. The van der Waals surface area contributed by atoms with Crippen LogP contribution in [0.1, 0.15) is 38.7 Å². The van der Waals surface area contributed by atoms with Gasteiger partial charge in [-0.1, -0.05) is 13.8 Å². The van der Waals surface area contributed by atoms with Gasteiger partial charge in [-0.3, -0.25) is 9.59 Å². The molecule has 0 fully saturated rings. The number of carbonyl (C=O) groups excluding carboxylic acids is 1. The molecule has 0 radical (unpaired) electrons. The second-order valence-electron chi connectivity index (χ2n) is 4.71. The Morgan fingerprint density at radius 3 is 2.20 bits per heavy atom. The second-order valence-corrected chi connectivity index (χ2v) is 4.71. The number of carboxylic acid groups (broad SMARTS) is 1. The lowest BCUT2D eigenvalue weighted by atomic mass is 9.79. The number of nitrogens with zero attached hydrogens (tertiary/aromatic N) is 1. The number of benzene rings is 1. The van der Waals surface area contributed by atoms with Crippen molar-refractivity contribution < 1.29 is 14.7 Å². The maximum atomic E-state index is 12.0. The Kier molecular flexibility index (Phi) is 5.27. The van der Waals surface area contributed by atoms with E-state index >= 15 is 0 Å². The van der Waals surface area contributed by atoms with Crippen molar-refractivity contribution in [3.05, 3.63) is 29.8 Å². The Labute approximate surface area is 118 Å². The van der Waals surface area contributed by atoms with E-state index in [1.165, 1.54) is 0 Å². The third kappa shape index (κ3) is 3.58. The molecule has 0 spiro atoms. The minimum atomic E-state index is -1.02. The van der Waals surface area contributed by atoms with Crippen LogP contribution in [0.4, 0.5) is 5.69 Å². The second kappa shape index (κ2) is 6.71. The number of carbonyl (C=O) groups is 2. The van der Waals surface area contributed by atoms with Crippen LogP contribution in [0.5, 0.6) is 0 Å². The van der Waals surface area contributed by atoms with E-state index < -0.39 is 11.4 Å². The molecule has 0 aromatic heterocycles. The summed E-state index contributed by atoms with van der Waals surface area (Å²) in [5.74, 6) is -1.28. The van der Waals surface area contributed by atoms with Crippen LogP contribution in [0.25, 0.3) is 0 Å². The molecule has 0 aliphatic carbocycles. The molecule has 0 unspecified atom stereocenters. The smallest absolute Gasteiger partial charge is 0.310 e. The maximum absolute atomic E-state index is 12.0. The standard InChI is InChI=1S/C15H18N2O3/c1-3-15(4-2,14(19)20)9-13(18)17-12-7-5-11(10-16)6-8-12/h5-8H,3-4,9H2,1-2H3,(H,17,18)(H,19,20). The number of carboxylic acids is 1. The number of amides is 1. The molecule has 0 atom stereocenters. The highest BCUT2D eigenvalue weighted by atomic mass is 16.4. The van der Waals surface area contributed by atoms with Gasteiger partial charge in [0.2, 0.25) is 5.91 Å². The van der Waals surface area contributed by atoms with Gasteiger partial charge in [0.05, 0.1) is 17.0 Å². The third-order valence-corrected chi connectivity index (χ3v) is 3.60. The van der Waals surface area contributed by atoms with E-state index in [1.54, 1.807) is 38.1 Å². The summed E-state index contributed by atoms with van der Waals surface area (Å²) in [5, 5.41) is 20.6. The van der Waals surface area contributed by atoms with Crippen molar-refractivity contribution in [2.45, 2.75) is 33.1 Å². The molecule has 1 amide bonds. The molecule has 0 aliphatic rings. The number of hydrogen-bond donors (Lipinski definition) is 2. The summed E-state index contributed by atoms with van der Waals surface area (Å²) < 4.78 is 0. The summed E-state index contributed by atoms with van der Waals surface area (Å²) in [4.78, 5) is 23.3. The number of aliphatic carboxylic acids is 1. The van der Waals surface area contributed by atoms with Gasteiger partial charge < -0.3 is 10.4 Å². The first kappa shape index (κ1) is 15.7. The average molecular weight is 274 g/mol. The molecule has 0 saturated carbocycles. The van der Waals surface area contributed by atoms with Crippen LogP contribution in [0.3, 0.4) is 0 Å². The number of rotatable bonds is 6. The lowest BCUT2D eigenvalue weighted by Crippen LogP contribution is -2.34. The lowest BCUT2D eigenvalue weighted by Gasteiger charge is -2.25. The van der Waals surface area contributed by atoms with Gasteiger partial charge in [0.15, 0.2) is 0 Å². The lowest BCUT2D eigenvalue weighted by molar-refractivity contribution is -0.151. The number of nitriles is 1. The molecule has 0 saturated heterocycles. The molecule has 5 nitrogen and oxygen atoms in total. The molecule has 1 rings (SSSR count). The van der Waals surface area contributed by atoms with E-state index in [1.807, 2.05) is 6.07 Å². The van der Waals surface area contributed by atoms with Crippen LogP contribution in [0.15, 0.2) is 24.3 Å². The van der Waals surface area contributed by atoms with Crippen LogP contribution in [0.2, 0.25) is 0 Å². The number of hydrogen-bond acceptors (Lipinski definition) is 3. The SMILES string of the molecule is CCC(CC)(CC(=O)Nc1ccc(C#N)cc1)C(=O)O. The Morgan fingerprint density at radius 1 is 1.25 bits per heavy atom. The van der Waals surface area contributed by atoms with Gasteiger partial charge in [-0.15, -0.1) is 0 Å². The van der Waals surface area contributed by atoms with Crippen molar-refractivity contribution in [2.24, 2.45) is 5.41 Å². The number of anilines is 1. The van der Waals surface area contributed by atoms with E-state index in [0.29, 0.717) is 24.1 Å². The molecule has 2 N–H and O–H groups in total. The van der Waals surface area contributed by atoms with Crippen LogP contribution in [-0.2, 0) is 9.59 Å². The predicted molar refractivity (Wildman–Crippen MR) is 75.1 cm³/mol. The van der Waals surface area contributed by atoms with E-state index in [0.717, 1.165) is 0 Å². The van der Waals surface area contributed by atoms with Gasteiger partial charge in [-0.2, -0.15) is 5.26 Å². The fourth-order valence-corrected chi connectivity index (χ4v) is 2.02. The van der Waals surface area contributed by atoms with E-state index in [-0.39, 0.29) is 12.3 Å². The highest BCUT2D eigenvalue weighted by Gasteiger charge is 2.37. The van der Waals surface area contributed by atoms with Gasteiger partial charge in [0.25, 0.3) is 0 Å². The number of nitrogens with one attached hydrogen (secondary N) is 1. The molecule has 20 heavy (non-hydrogen) atoms. The minimum absolute atomic E-state index is 0.0602. The van der Waals surface area contributed by atoms with Gasteiger partial charge in [0.1, 0.15) is 0 Å². The van der Waals surface area contributed by atoms with Crippen molar-refractivity contribution in [1.29, 1.82) is 5.26 Å². The zero-order valence-corrected chi connectivity index (χ0v) is 11.6. The summed E-state index contributed by atoms with van der Waals surface area (Å²) >= 11 is 0. The molecule has 0 aliphatic heterocycles. The topological polar surface area (TPSA) is 90.2 Å². The van der Waals surface area contributed by atoms with E-state index in [9.17, 15) is 14.7 Å². The molecule has 1 aromatic carbocycles. The zero-order chi connectivity index (χ0) is 15.2. The van der Waals surface area contributed by atoms with Crippen LogP contribution < -0.4 is 5.32 Å². The fourth-order valence-electron chi connectivity index (χ4n) is 2.02. The Hall–Kier alpha value is -2.35. The average Bonchev–Trinajstić information content (AvgIpc) is 2.45. The van der Waals surface area contributed by atoms with Crippen molar-refractivity contribution in [2.75, 3.05) is 5.32 Å². The summed E-state index contributed by atoms with van der Waals surface area (Å²) in [5.41, 5.74) is 0.0435. The Balaban J connectivity index is 2.75. The fraction of sp³-hybridized carbons (Fsp3) is 0.400. The highest BCUT2D eigenvalue weighted by Crippen LogP contribution is 2.31. The molecule has 0 heterocycles. The quantitative estimate of drug-likeness (QED) is 0.834. The van der Waals surface area contributed by atoms with Crippen molar-refractivity contribution in [3.8, 4) is 6.07 Å². The monoisotopic (exact) mass is 274 g/mol. The summed E-state index contributed by atoms with van der Waals surface area (Å²) in [6.07, 6.45) is 0.745. The third-order valence-electron chi connectivity index (χ3n) is 3.60. The first-order chi connectivity index (χ1) is 9.47. The van der Waals surface area contributed by atoms with Gasteiger partial charge in [-0.25, -0.2) is 0 Å². The Morgan fingerprint density at radius 2 is 1.80 bits per heavy atom. The first-order valence-electron chi connectivity index (χ1n) is 6.51. The van der Waals surface area contributed by atoms with Crippen LogP contribution in [-0.4, -0.2) is 17.0 Å². The van der Waals surface area contributed by atoms with Gasteiger partial charge in [-0.05, 0) is 37.1 Å². The normalized spacial score (nSPS) is 10.7. The molecule has 5 heteroatoms. The van der Waals surface area contributed by atoms with Gasteiger partial charge in [0, 0.05) is 12.1 Å². The van der Waals surface area contributed by atoms with E-state index in [2.05, 4.69) is 5.32 Å². The molecular formula is C15H18N2O3. The van der Waals surface area contributed by atoms with E-state index in [4.69, 9.17) is 5.26 Å². The van der Waals surface area contributed by atoms with Gasteiger partial charge >= 0.3 is 5.97 Å². The van der Waals surface area contributed by atoms with Crippen LogP contribution >= 0.6 is 0 Å². The summed E-state index contributed by atoms with van der Waals surface area (Å²) in [6.45, 7) is 3.54. The molecule has 0 bridgehead atoms. The predicted octanol–water partition coefficient (Wildman–Crippen LogP) is 2.78. The molecule has 1 aromatic rings. The van der Waals surface area contributed by atoms with Crippen LogP contribution in [0, 0.1) is 16.7 Å². The summed E-state index contributed by atoms with van der Waals surface area (Å²) in [7, 11) is 0. The first-order valence-corrected chi connectivity index (χ1v) is 6.51. The molecular weight excluding hydrogens is 256 g/mol. The van der Waals surface area contributed by atoms with Crippen molar-refractivity contribution >= 4 is 17.6 Å². The molecule has 106 valence electrons. The minimum Gasteiger partial charge on any atom is -0.481 e. The maximum Gasteiger partial charge on any atom is 0.310 e. The highest BCUT2D eigenvalue weighted by molar-refractivity contribution is 5.94. The Bertz CT molecular complexity index is 525. The summed E-state index contributed by atoms with van der Waals surface area (Å²) in [6, 6.07) is 8.43. The largest absolute Gasteiger partial charge is 0.481 e. The van der Waals surface area contributed by atoms with Crippen molar-refractivity contribution in [1.82, 2.24) is 0 Å². The van der Waals surface area contributed by atoms with Crippen molar-refractivity contribution in [3.63, 3.8) is 0 Å².